The molecule has 82 valence electrons. The molecule has 0 fully saturated rings. The highest BCUT2D eigenvalue weighted by molar-refractivity contribution is 7.71. The molecule has 0 spiro atoms. The second-order valence-corrected chi connectivity index (χ2v) is 3.97. The van der Waals surface area contributed by atoms with Crippen LogP contribution in [0, 0.1) is 4.77 Å². The number of Topliss-reactive ketones (excluding diaryl/α,β-unsaturated/α-hetero) is 1. The third-order valence-corrected chi connectivity index (χ3v) is 2.95. The summed E-state index contributed by atoms with van der Waals surface area (Å²) < 4.78 is 4.24. The molecule has 0 saturated heterocycles. The predicted octanol–water partition coefficient (Wildman–Crippen LogP) is 2.44. The Bertz CT molecular complexity index is 554. The van der Waals surface area contributed by atoms with Gasteiger partial charge in [0.25, 0.3) is 0 Å². The van der Waals surface area contributed by atoms with Crippen molar-refractivity contribution in [2.45, 2.75) is 6.54 Å². The van der Waals surface area contributed by atoms with Gasteiger partial charge in [0.2, 0.25) is 0 Å². The van der Waals surface area contributed by atoms with E-state index in [1.807, 2.05) is 54.3 Å². The molecule has 16 heavy (non-hydrogen) atoms. The van der Waals surface area contributed by atoms with Crippen molar-refractivity contribution in [3.05, 3.63) is 53.1 Å². The molecule has 0 aliphatic rings. The molecule has 3 nitrogen and oxygen atoms in total. The fraction of sp³-hybridized carbons (Fsp3) is 0.167. The molecule has 0 N–H and O–H groups in total. The smallest absolute Gasteiger partial charge is 0.182 e. The molecule has 1 aromatic carbocycles. The van der Waals surface area contributed by atoms with Crippen LogP contribution in [-0.4, -0.2) is 14.9 Å². The van der Waals surface area contributed by atoms with Gasteiger partial charge in [-0.25, -0.2) is 0 Å². The fourth-order valence-electron chi connectivity index (χ4n) is 1.50. The van der Waals surface area contributed by atoms with Crippen LogP contribution in [0.25, 0.3) is 0 Å². The van der Waals surface area contributed by atoms with Crippen LogP contribution in [-0.2, 0) is 13.6 Å². The number of carbonyl (C=O) groups is 1. The Balaban J connectivity index is 2.21. The van der Waals surface area contributed by atoms with Gasteiger partial charge in [-0.1, -0.05) is 30.3 Å². The number of hydrogen-bond donors (Lipinski definition) is 0. The molecule has 2 rings (SSSR count). The third kappa shape index (κ3) is 2.12. The Morgan fingerprint density at radius 3 is 2.50 bits per heavy atom. The Labute approximate surface area is 99.0 Å². The highest BCUT2D eigenvalue weighted by Gasteiger charge is 2.06. The normalized spacial score (nSPS) is 10.3. The molecule has 4 heteroatoms. The molecule has 0 amide bonds. The van der Waals surface area contributed by atoms with E-state index in [1.54, 1.807) is 4.57 Å². The Hall–Kier alpha value is -1.68. The average Bonchev–Trinajstić information content (AvgIpc) is 2.62. The molecule has 2 aromatic rings. The largest absolute Gasteiger partial charge is 0.327 e. The molecule has 0 bridgehead atoms. The van der Waals surface area contributed by atoms with Crippen LogP contribution in [0.3, 0.4) is 0 Å². The molecule has 0 saturated carbocycles. The summed E-state index contributed by atoms with van der Waals surface area (Å²) >= 11 is 5.17. The van der Waals surface area contributed by atoms with Crippen molar-refractivity contribution in [3.63, 3.8) is 0 Å². The van der Waals surface area contributed by atoms with Crippen LogP contribution < -0.4 is 0 Å². The number of aryl methyl sites for hydroxylation is 1. The van der Waals surface area contributed by atoms with Crippen molar-refractivity contribution in [2.24, 2.45) is 7.05 Å². The van der Waals surface area contributed by atoms with Crippen molar-refractivity contribution in [1.82, 2.24) is 9.13 Å². The summed E-state index contributed by atoms with van der Waals surface area (Å²) in [6, 6.07) is 9.24. The van der Waals surface area contributed by atoms with Crippen LogP contribution in [0.1, 0.15) is 10.4 Å². The molecule has 0 radical (unpaired) electrons. The standard InChI is InChI=1S/C12H12N2OS/c1-13-7-8-14(12(13)16)9-11(15)10-5-3-2-4-6-10/h2-8H,9H2,1H3. The first-order valence-electron chi connectivity index (χ1n) is 4.98. The molecular weight excluding hydrogens is 220 g/mol. The van der Waals surface area contributed by atoms with E-state index in [0.29, 0.717) is 16.9 Å². The van der Waals surface area contributed by atoms with Crippen LogP contribution in [0.5, 0.6) is 0 Å². The maximum atomic E-state index is 11.9. The van der Waals surface area contributed by atoms with E-state index in [1.165, 1.54) is 0 Å². The monoisotopic (exact) mass is 232 g/mol. The van der Waals surface area contributed by atoms with Gasteiger partial charge in [-0.2, -0.15) is 0 Å². The number of imidazole rings is 1. The first kappa shape index (κ1) is 10.8. The summed E-state index contributed by atoms with van der Waals surface area (Å²) in [5, 5.41) is 0. The molecule has 1 aromatic heterocycles. The van der Waals surface area contributed by atoms with Crippen molar-refractivity contribution in [2.75, 3.05) is 0 Å². The first-order chi connectivity index (χ1) is 7.68. The van der Waals surface area contributed by atoms with Crippen molar-refractivity contribution in [3.8, 4) is 0 Å². The molecule has 0 atom stereocenters. The van der Waals surface area contributed by atoms with Gasteiger partial charge in [0.15, 0.2) is 10.6 Å². The number of aromatic nitrogens is 2. The van der Waals surface area contributed by atoms with Gasteiger partial charge < -0.3 is 9.13 Å². The topological polar surface area (TPSA) is 26.9 Å². The minimum absolute atomic E-state index is 0.0721. The van der Waals surface area contributed by atoms with Crippen LogP contribution >= 0.6 is 12.2 Å². The summed E-state index contributed by atoms with van der Waals surface area (Å²) in [6.07, 6.45) is 3.67. The second-order valence-electron chi connectivity index (χ2n) is 3.61. The van der Waals surface area contributed by atoms with E-state index < -0.39 is 0 Å². The lowest BCUT2D eigenvalue weighted by Crippen LogP contribution is -2.10. The van der Waals surface area contributed by atoms with Crippen molar-refractivity contribution in [1.29, 1.82) is 0 Å². The third-order valence-electron chi connectivity index (χ3n) is 2.43. The van der Waals surface area contributed by atoms with Gasteiger partial charge in [0.1, 0.15) is 0 Å². The van der Waals surface area contributed by atoms with Crippen LogP contribution in [0.2, 0.25) is 0 Å². The van der Waals surface area contributed by atoms with E-state index in [9.17, 15) is 4.79 Å². The van der Waals surface area contributed by atoms with Gasteiger partial charge >= 0.3 is 0 Å². The predicted molar refractivity (Wildman–Crippen MR) is 65.0 cm³/mol. The lowest BCUT2D eigenvalue weighted by Gasteiger charge is -2.02. The van der Waals surface area contributed by atoms with Crippen LogP contribution in [0.15, 0.2) is 42.7 Å². The minimum atomic E-state index is 0.0721. The maximum absolute atomic E-state index is 11.9. The molecule has 0 aliphatic heterocycles. The van der Waals surface area contributed by atoms with E-state index in [4.69, 9.17) is 12.2 Å². The summed E-state index contributed by atoms with van der Waals surface area (Å²) in [5.41, 5.74) is 0.716. The molecular formula is C12H12N2OS. The van der Waals surface area contributed by atoms with Gasteiger partial charge in [-0.15, -0.1) is 0 Å². The summed E-state index contributed by atoms with van der Waals surface area (Å²) in [4.78, 5) is 11.9. The van der Waals surface area contributed by atoms with Gasteiger partial charge in [-0.05, 0) is 12.2 Å². The molecule has 0 aliphatic carbocycles. The SMILES string of the molecule is Cn1ccn(CC(=O)c2ccccc2)c1=S. The van der Waals surface area contributed by atoms with Gasteiger partial charge in [0, 0.05) is 25.0 Å². The Morgan fingerprint density at radius 2 is 1.94 bits per heavy atom. The Morgan fingerprint density at radius 1 is 1.25 bits per heavy atom. The number of rotatable bonds is 3. The zero-order chi connectivity index (χ0) is 11.5. The van der Waals surface area contributed by atoms with E-state index >= 15 is 0 Å². The summed E-state index contributed by atoms with van der Waals surface area (Å²) in [7, 11) is 1.87. The summed E-state index contributed by atoms with van der Waals surface area (Å²) in [6.45, 7) is 0.295. The average molecular weight is 232 g/mol. The number of benzene rings is 1. The minimum Gasteiger partial charge on any atom is -0.327 e. The molecule has 0 unspecified atom stereocenters. The lowest BCUT2D eigenvalue weighted by molar-refractivity contribution is 0.0971. The summed E-state index contributed by atoms with van der Waals surface area (Å²) in [5.74, 6) is 0.0721. The first-order valence-corrected chi connectivity index (χ1v) is 5.39. The van der Waals surface area contributed by atoms with Gasteiger partial charge in [-0.3, -0.25) is 4.79 Å². The Kier molecular flexibility index (Phi) is 3.01. The molecule has 1 heterocycles. The number of hydrogen-bond acceptors (Lipinski definition) is 2. The van der Waals surface area contributed by atoms with Crippen molar-refractivity contribution < 1.29 is 4.79 Å². The zero-order valence-electron chi connectivity index (χ0n) is 8.96. The zero-order valence-corrected chi connectivity index (χ0v) is 9.78. The lowest BCUT2D eigenvalue weighted by atomic mass is 10.1. The number of nitrogens with zero attached hydrogens (tertiary/aromatic N) is 2. The van der Waals surface area contributed by atoms with Crippen LogP contribution in [0.4, 0.5) is 0 Å². The van der Waals surface area contributed by atoms with Crippen molar-refractivity contribution >= 4 is 18.0 Å². The highest BCUT2D eigenvalue weighted by atomic mass is 32.1. The number of ketones is 1. The highest BCUT2D eigenvalue weighted by Crippen LogP contribution is 2.03. The van der Waals surface area contributed by atoms with Gasteiger partial charge in [0.05, 0.1) is 6.54 Å². The second kappa shape index (κ2) is 4.45. The fourth-order valence-corrected chi connectivity index (χ4v) is 1.69. The van der Waals surface area contributed by atoms with E-state index in [0.717, 1.165) is 0 Å². The van der Waals surface area contributed by atoms with E-state index in [-0.39, 0.29) is 5.78 Å². The number of carbonyl (C=O) groups excluding carboxylic acids is 1. The van der Waals surface area contributed by atoms with E-state index in [2.05, 4.69) is 0 Å². The maximum Gasteiger partial charge on any atom is 0.182 e. The quantitative estimate of drug-likeness (QED) is 0.600.